The number of aromatic nitrogens is 1. The number of ether oxygens (including phenoxy) is 1. The van der Waals surface area contributed by atoms with Crippen LogP contribution in [0.1, 0.15) is 16.1 Å². The molecule has 0 saturated carbocycles. The van der Waals surface area contributed by atoms with Gasteiger partial charge in [-0.3, -0.25) is 14.5 Å². The molecule has 0 bridgehead atoms. The number of hydrogen-bond acceptors (Lipinski definition) is 5. The van der Waals surface area contributed by atoms with E-state index in [0.29, 0.717) is 25.4 Å². The molecule has 2 fully saturated rings. The van der Waals surface area contributed by atoms with Crippen LogP contribution in [-0.2, 0) is 18.3 Å². The minimum absolute atomic E-state index is 0.0500. The summed E-state index contributed by atoms with van der Waals surface area (Å²) in [7, 11) is 1.63. The fraction of sp³-hybridized carbons (Fsp3) is 0.474. The van der Waals surface area contributed by atoms with E-state index < -0.39 is 0 Å². The van der Waals surface area contributed by atoms with Gasteiger partial charge in [-0.1, -0.05) is 6.07 Å². The van der Waals surface area contributed by atoms with Crippen LogP contribution >= 0.6 is 0 Å². The van der Waals surface area contributed by atoms with Gasteiger partial charge in [0, 0.05) is 57.3 Å². The second-order valence-corrected chi connectivity index (χ2v) is 7.05. The maximum Gasteiger partial charge on any atom is 0.270 e. The quantitative estimate of drug-likeness (QED) is 0.818. The predicted molar refractivity (Wildman–Crippen MR) is 94.8 cm³/mol. The highest BCUT2D eigenvalue weighted by atomic mass is 16.5. The number of fused-ring (bicyclic) bond motifs is 1. The third-order valence-corrected chi connectivity index (χ3v) is 5.29. The SMILES string of the molecule is Cn1c(C(=O)N2C[C@@H]3CN(Cc4ccoc4)CCO[C@@H]3C2)cccc1=O. The highest BCUT2D eigenvalue weighted by Crippen LogP contribution is 2.25. The Kier molecular flexibility index (Phi) is 4.65. The molecule has 7 heteroatoms. The van der Waals surface area contributed by atoms with Gasteiger partial charge in [0.05, 0.1) is 25.2 Å². The first-order valence-electron chi connectivity index (χ1n) is 8.92. The Hall–Kier alpha value is -2.38. The van der Waals surface area contributed by atoms with Crippen LogP contribution in [0.3, 0.4) is 0 Å². The van der Waals surface area contributed by atoms with Crippen LogP contribution in [0, 0.1) is 5.92 Å². The molecule has 2 aliphatic rings. The number of hydrogen-bond donors (Lipinski definition) is 0. The van der Waals surface area contributed by atoms with Crippen molar-refractivity contribution in [2.75, 3.05) is 32.8 Å². The van der Waals surface area contributed by atoms with Crippen molar-refractivity contribution in [3.63, 3.8) is 0 Å². The summed E-state index contributed by atoms with van der Waals surface area (Å²) in [5.74, 6) is 0.164. The largest absolute Gasteiger partial charge is 0.472 e. The Bertz CT molecular complexity index is 830. The lowest BCUT2D eigenvalue weighted by Crippen LogP contribution is -2.35. The highest BCUT2D eigenvalue weighted by Gasteiger charge is 2.39. The summed E-state index contributed by atoms with van der Waals surface area (Å²) >= 11 is 0. The summed E-state index contributed by atoms with van der Waals surface area (Å²) < 4.78 is 12.6. The van der Waals surface area contributed by atoms with Gasteiger partial charge in [0.2, 0.25) is 0 Å². The topological polar surface area (TPSA) is 67.9 Å². The molecule has 0 aliphatic carbocycles. The number of likely N-dealkylation sites (tertiary alicyclic amines) is 1. The van der Waals surface area contributed by atoms with E-state index in [1.165, 1.54) is 10.6 Å². The van der Waals surface area contributed by atoms with Crippen LogP contribution in [0.15, 0.2) is 46.0 Å². The van der Waals surface area contributed by atoms with Crippen molar-refractivity contribution in [1.82, 2.24) is 14.4 Å². The molecule has 2 aromatic rings. The lowest BCUT2D eigenvalue weighted by molar-refractivity contribution is 0.0481. The first kappa shape index (κ1) is 17.1. The molecular formula is C19H23N3O4. The maximum absolute atomic E-state index is 12.9. The van der Waals surface area contributed by atoms with Crippen molar-refractivity contribution < 1.29 is 13.9 Å². The van der Waals surface area contributed by atoms with E-state index in [4.69, 9.17) is 9.15 Å². The van der Waals surface area contributed by atoms with Crippen molar-refractivity contribution in [1.29, 1.82) is 0 Å². The van der Waals surface area contributed by atoms with Crippen molar-refractivity contribution in [3.05, 3.63) is 58.4 Å². The minimum atomic E-state index is -0.174. The van der Waals surface area contributed by atoms with Crippen molar-refractivity contribution in [3.8, 4) is 0 Å². The normalized spacial score (nSPS) is 23.7. The lowest BCUT2D eigenvalue weighted by Gasteiger charge is -2.23. The molecule has 0 aromatic carbocycles. The number of rotatable bonds is 3. The van der Waals surface area contributed by atoms with E-state index >= 15 is 0 Å². The molecule has 2 atom stereocenters. The van der Waals surface area contributed by atoms with Crippen LogP contribution in [0.2, 0.25) is 0 Å². The van der Waals surface area contributed by atoms with E-state index in [1.54, 1.807) is 31.7 Å². The number of furan rings is 1. The Morgan fingerprint density at radius 3 is 2.92 bits per heavy atom. The Morgan fingerprint density at radius 1 is 1.23 bits per heavy atom. The molecule has 0 unspecified atom stereocenters. The third kappa shape index (κ3) is 3.32. The second-order valence-electron chi connectivity index (χ2n) is 7.05. The van der Waals surface area contributed by atoms with E-state index in [9.17, 15) is 9.59 Å². The van der Waals surface area contributed by atoms with Crippen molar-refractivity contribution >= 4 is 5.91 Å². The number of nitrogens with zero attached hydrogens (tertiary/aromatic N) is 3. The lowest BCUT2D eigenvalue weighted by atomic mass is 10.1. The average Bonchev–Trinajstić information content (AvgIpc) is 3.23. The molecule has 4 rings (SSSR count). The number of pyridine rings is 1. The number of amides is 1. The molecule has 0 spiro atoms. The highest BCUT2D eigenvalue weighted by molar-refractivity contribution is 5.92. The molecule has 2 aromatic heterocycles. The molecule has 4 heterocycles. The van der Waals surface area contributed by atoms with E-state index in [-0.39, 0.29) is 23.5 Å². The molecule has 26 heavy (non-hydrogen) atoms. The summed E-state index contributed by atoms with van der Waals surface area (Å²) in [6.45, 7) is 4.46. The first-order valence-corrected chi connectivity index (χ1v) is 8.92. The average molecular weight is 357 g/mol. The van der Waals surface area contributed by atoms with E-state index in [2.05, 4.69) is 4.90 Å². The Balaban J connectivity index is 1.45. The molecule has 1 amide bonds. The summed E-state index contributed by atoms with van der Waals surface area (Å²) in [5.41, 5.74) is 1.39. The molecular weight excluding hydrogens is 334 g/mol. The summed E-state index contributed by atoms with van der Waals surface area (Å²) in [6, 6.07) is 6.77. The molecule has 0 radical (unpaired) electrons. The Labute approximate surface area is 151 Å². The van der Waals surface area contributed by atoms with Gasteiger partial charge >= 0.3 is 0 Å². The van der Waals surface area contributed by atoms with Crippen LogP contribution < -0.4 is 5.56 Å². The van der Waals surface area contributed by atoms with Crippen LogP contribution in [0.5, 0.6) is 0 Å². The predicted octanol–water partition coefficient (Wildman–Crippen LogP) is 0.951. The van der Waals surface area contributed by atoms with Crippen molar-refractivity contribution in [2.24, 2.45) is 13.0 Å². The maximum atomic E-state index is 12.9. The Morgan fingerprint density at radius 2 is 2.12 bits per heavy atom. The summed E-state index contributed by atoms with van der Waals surface area (Å²) in [4.78, 5) is 28.8. The second kappa shape index (κ2) is 7.09. The molecule has 2 saturated heterocycles. The van der Waals surface area contributed by atoms with Gasteiger partial charge in [0.1, 0.15) is 5.69 Å². The molecule has 2 aliphatic heterocycles. The van der Waals surface area contributed by atoms with Crippen LogP contribution in [0.25, 0.3) is 0 Å². The minimum Gasteiger partial charge on any atom is -0.472 e. The van der Waals surface area contributed by atoms with Gasteiger partial charge in [-0.05, 0) is 12.1 Å². The zero-order valence-corrected chi connectivity index (χ0v) is 14.8. The molecule has 138 valence electrons. The van der Waals surface area contributed by atoms with Gasteiger partial charge in [0.25, 0.3) is 11.5 Å². The smallest absolute Gasteiger partial charge is 0.270 e. The molecule has 7 nitrogen and oxygen atoms in total. The summed E-state index contributed by atoms with van der Waals surface area (Å²) in [5, 5.41) is 0. The van der Waals surface area contributed by atoms with Crippen molar-refractivity contribution in [2.45, 2.75) is 12.6 Å². The van der Waals surface area contributed by atoms with E-state index in [1.807, 2.05) is 11.0 Å². The monoisotopic (exact) mass is 357 g/mol. The zero-order valence-electron chi connectivity index (χ0n) is 14.8. The fourth-order valence-corrected chi connectivity index (χ4v) is 3.85. The van der Waals surface area contributed by atoms with Gasteiger partial charge in [0.15, 0.2) is 0 Å². The third-order valence-electron chi connectivity index (χ3n) is 5.29. The standard InChI is InChI=1S/C19H23N3O4/c1-20-16(3-2-4-18(20)23)19(24)22-11-15-10-21(6-8-26-17(15)12-22)9-14-5-7-25-13-14/h2-5,7,13,15,17H,6,8-12H2,1H3/t15-,17+/m0/s1. The van der Waals surface area contributed by atoms with Gasteiger partial charge in [-0.25, -0.2) is 0 Å². The summed E-state index contributed by atoms with van der Waals surface area (Å²) in [6.07, 6.45) is 3.50. The number of carbonyl (C=O) groups is 1. The number of carbonyl (C=O) groups excluding carboxylic acids is 1. The van der Waals surface area contributed by atoms with E-state index in [0.717, 1.165) is 25.2 Å². The van der Waals surface area contributed by atoms with Crippen LogP contribution in [0.4, 0.5) is 0 Å². The van der Waals surface area contributed by atoms with Gasteiger partial charge in [-0.2, -0.15) is 0 Å². The van der Waals surface area contributed by atoms with Gasteiger partial charge < -0.3 is 18.6 Å². The van der Waals surface area contributed by atoms with Gasteiger partial charge in [-0.15, -0.1) is 0 Å². The fourth-order valence-electron chi connectivity index (χ4n) is 3.85. The first-order chi connectivity index (χ1) is 12.6. The van der Waals surface area contributed by atoms with Crippen LogP contribution in [-0.4, -0.2) is 59.2 Å². The zero-order chi connectivity index (χ0) is 18.1. The molecule has 0 N–H and O–H groups in total.